The summed E-state index contributed by atoms with van der Waals surface area (Å²) >= 11 is 0. The lowest BCUT2D eigenvalue weighted by molar-refractivity contribution is 0.515. The third kappa shape index (κ3) is 1.77. The molecule has 0 unspecified atom stereocenters. The maximum atomic E-state index is 5.87. The zero-order valence-corrected chi connectivity index (χ0v) is 9.55. The Hall–Kier alpha value is -1.28. The Morgan fingerprint density at radius 3 is 2.73 bits per heavy atom. The van der Waals surface area contributed by atoms with Gasteiger partial charge in [0.05, 0.1) is 6.54 Å². The number of furan rings is 1. The van der Waals surface area contributed by atoms with Crippen molar-refractivity contribution in [3.63, 3.8) is 0 Å². The number of aryl methyl sites for hydroxylation is 2. The molecule has 2 heteroatoms. The molecule has 2 nitrogen and oxygen atoms in total. The lowest BCUT2D eigenvalue weighted by Crippen LogP contribution is -2.11. The molecule has 0 bridgehead atoms. The lowest BCUT2D eigenvalue weighted by atomic mass is 10.1. The summed E-state index contributed by atoms with van der Waals surface area (Å²) in [4.78, 5) is 0. The van der Waals surface area contributed by atoms with Crippen LogP contribution < -0.4 is 5.32 Å². The molecule has 0 saturated carbocycles. The second-order valence-electron chi connectivity index (χ2n) is 3.88. The topological polar surface area (TPSA) is 25.2 Å². The van der Waals surface area contributed by atoms with E-state index in [1.807, 2.05) is 0 Å². The largest absolute Gasteiger partial charge is 0.459 e. The van der Waals surface area contributed by atoms with Crippen molar-refractivity contribution in [2.45, 2.75) is 27.3 Å². The first-order chi connectivity index (χ1) is 7.24. The van der Waals surface area contributed by atoms with Crippen molar-refractivity contribution in [2.24, 2.45) is 0 Å². The maximum absolute atomic E-state index is 5.87. The summed E-state index contributed by atoms with van der Waals surface area (Å²) in [5.41, 5.74) is 3.50. The van der Waals surface area contributed by atoms with Crippen molar-refractivity contribution in [1.82, 2.24) is 5.32 Å². The molecule has 1 heterocycles. The molecule has 15 heavy (non-hydrogen) atoms. The van der Waals surface area contributed by atoms with E-state index < -0.39 is 0 Å². The SMILES string of the molecule is CCNCc1oc2c(C)cccc2c1C. The Morgan fingerprint density at radius 2 is 2.07 bits per heavy atom. The van der Waals surface area contributed by atoms with Crippen LogP contribution in [0.5, 0.6) is 0 Å². The highest BCUT2D eigenvalue weighted by molar-refractivity contribution is 5.84. The summed E-state index contributed by atoms with van der Waals surface area (Å²) in [6, 6.07) is 6.29. The van der Waals surface area contributed by atoms with E-state index in [1.54, 1.807) is 0 Å². The molecule has 80 valence electrons. The van der Waals surface area contributed by atoms with Crippen LogP contribution in [0.1, 0.15) is 23.8 Å². The quantitative estimate of drug-likeness (QED) is 0.829. The van der Waals surface area contributed by atoms with Crippen LogP contribution in [0.2, 0.25) is 0 Å². The van der Waals surface area contributed by atoms with Crippen LogP contribution in [0.4, 0.5) is 0 Å². The minimum atomic E-state index is 0.816. The lowest BCUT2D eigenvalue weighted by Gasteiger charge is -1.97. The highest BCUT2D eigenvalue weighted by Gasteiger charge is 2.10. The zero-order chi connectivity index (χ0) is 10.8. The van der Waals surface area contributed by atoms with E-state index in [9.17, 15) is 0 Å². The van der Waals surface area contributed by atoms with E-state index in [1.165, 1.54) is 16.5 Å². The third-order valence-electron chi connectivity index (χ3n) is 2.79. The molecule has 0 aliphatic rings. The van der Waals surface area contributed by atoms with Gasteiger partial charge in [-0.2, -0.15) is 0 Å². The minimum absolute atomic E-state index is 0.816. The molecule has 0 amide bonds. The van der Waals surface area contributed by atoms with Crippen molar-refractivity contribution in [3.05, 3.63) is 35.1 Å². The molecule has 0 aliphatic heterocycles. The Balaban J connectivity index is 2.49. The van der Waals surface area contributed by atoms with Gasteiger partial charge in [0.1, 0.15) is 11.3 Å². The average Bonchev–Trinajstić information content (AvgIpc) is 2.55. The summed E-state index contributed by atoms with van der Waals surface area (Å²) in [7, 11) is 0. The van der Waals surface area contributed by atoms with E-state index >= 15 is 0 Å². The second kappa shape index (κ2) is 4.07. The number of nitrogens with one attached hydrogen (secondary N) is 1. The van der Waals surface area contributed by atoms with Crippen molar-refractivity contribution < 1.29 is 4.42 Å². The number of hydrogen-bond donors (Lipinski definition) is 1. The van der Waals surface area contributed by atoms with Gasteiger partial charge in [0.2, 0.25) is 0 Å². The van der Waals surface area contributed by atoms with Crippen LogP contribution >= 0.6 is 0 Å². The standard InChI is InChI=1S/C13H17NO/c1-4-14-8-12-10(3)11-7-5-6-9(2)13(11)15-12/h5-7,14H,4,8H2,1-3H3. The predicted molar refractivity (Wildman–Crippen MR) is 63.1 cm³/mol. The van der Waals surface area contributed by atoms with Crippen LogP contribution in [0.25, 0.3) is 11.0 Å². The highest BCUT2D eigenvalue weighted by atomic mass is 16.3. The van der Waals surface area contributed by atoms with Gasteiger partial charge < -0.3 is 9.73 Å². The van der Waals surface area contributed by atoms with Gasteiger partial charge in [0, 0.05) is 5.39 Å². The predicted octanol–water partition coefficient (Wildman–Crippen LogP) is 3.16. The van der Waals surface area contributed by atoms with Gasteiger partial charge in [-0.1, -0.05) is 25.1 Å². The van der Waals surface area contributed by atoms with Crippen LogP contribution in [-0.4, -0.2) is 6.54 Å². The Morgan fingerprint density at radius 1 is 1.27 bits per heavy atom. The highest BCUT2D eigenvalue weighted by Crippen LogP contribution is 2.27. The zero-order valence-electron chi connectivity index (χ0n) is 9.55. The number of benzene rings is 1. The van der Waals surface area contributed by atoms with Crippen molar-refractivity contribution in [2.75, 3.05) is 6.54 Å². The molecule has 1 N–H and O–H groups in total. The van der Waals surface area contributed by atoms with Gasteiger partial charge in [0.15, 0.2) is 0 Å². The first kappa shape index (κ1) is 10.2. The van der Waals surface area contributed by atoms with Crippen molar-refractivity contribution in [1.29, 1.82) is 0 Å². The fourth-order valence-electron chi connectivity index (χ4n) is 1.84. The van der Waals surface area contributed by atoms with Gasteiger partial charge in [-0.25, -0.2) is 0 Å². The van der Waals surface area contributed by atoms with E-state index in [0.29, 0.717) is 0 Å². The van der Waals surface area contributed by atoms with Gasteiger partial charge in [-0.05, 0) is 31.5 Å². The van der Waals surface area contributed by atoms with Crippen LogP contribution in [0.15, 0.2) is 22.6 Å². The van der Waals surface area contributed by atoms with E-state index in [-0.39, 0.29) is 0 Å². The normalized spacial score (nSPS) is 11.1. The molecule has 0 aliphatic carbocycles. The van der Waals surface area contributed by atoms with E-state index in [0.717, 1.165) is 24.4 Å². The maximum Gasteiger partial charge on any atom is 0.137 e. The van der Waals surface area contributed by atoms with Gasteiger partial charge >= 0.3 is 0 Å². The Bertz CT molecular complexity index is 471. The van der Waals surface area contributed by atoms with Crippen molar-refractivity contribution in [3.8, 4) is 0 Å². The molecule has 0 fully saturated rings. The summed E-state index contributed by atoms with van der Waals surface area (Å²) < 4.78 is 5.87. The Kier molecular flexibility index (Phi) is 2.78. The number of hydrogen-bond acceptors (Lipinski definition) is 2. The molecular formula is C13H17NO. The molecule has 2 aromatic rings. The number of para-hydroxylation sites is 1. The van der Waals surface area contributed by atoms with Crippen molar-refractivity contribution >= 4 is 11.0 Å². The number of rotatable bonds is 3. The summed E-state index contributed by atoms with van der Waals surface area (Å²) in [6.07, 6.45) is 0. The monoisotopic (exact) mass is 203 g/mol. The average molecular weight is 203 g/mol. The van der Waals surface area contributed by atoms with Gasteiger partial charge in [-0.15, -0.1) is 0 Å². The minimum Gasteiger partial charge on any atom is -0.459 e. The third-order valence-corrected chi connectivity index (χ3v) is 2.79. The molecule has 0 atom stereocenters. The van der Waals surface area contributed by atoms with Crippen LogP contribution in [0, 0.1) is 13.8 Å². The fourth-order valence-corrected chi connectivity index (χ4v) is 1.84. The molecule has 0 radical (unpaired) electrons. The van der Waals surface area contributed by atoms with E-state index in [4.69, 9.17) is 4.42 Å². The first-order valence-electron chi connectivity index (χ1n) is 5.42. The molecule has 2 rings (SSSR count). The smallest absolute Gasteiger partial charge is 0.137 e. The first-order valence-corrected chi connectivity index (χ1v) is 5.42. The van der Waals surface area contributed by atoms with E-state index in [2.05, 4.69) is 44.3 Å². The molecule has 1 aromatic carbocycles. The molecule has 0 saturated heterocycles. The molecule has 1 aromatic heterocycles. The fraction of sp³-hybridized carbons (Fsp3) is 0.385. The second-order valence-corrected chi connectivity index (χ2v) is 3.88. The summed E-state index contributed by atoms with van der Waals surface area (Å²) in [6.45, 7) is 8.09. The molecule has 0 spiro atoms. The number of fused-ring (bicyclic) bond motifs is 1. The summed E-state index contributed by atoms with van der Waals surface area (Å²) in [5, 5.41) is 4.53. The van der Waals surface area contributed by atoms with Gasteiger partial charge in [-0.3, -0.25) is 0 Å². The van der Waals surface area contributed by atoms with Gasteiger partial charge in [0.25, 0.3) is 0 Å². The van der Waals surface area contributed by atoms with Crippen LogP contribution in [0.3, 0.4) is 0 Å². The van der Waals surface area contributed by atoms with Crippen LogP contribution in [-0.2, 0) is 6.54 Å². The Labute approximate surface area is 90.3 Å². The molecular weight excluding hydrogens is 186 g/mol. The summed E-state index contributed by atoms with van der Waals surface area (Å²) in [5.74, 6) is 1.06.